The van der Waals surface area contributed by atoms with E-state index in [0.717, 1.165) is 6.08 Å². The molecule has 0 aliphatic rings. The number of halogens is 1. The van der Waals surface area contributed by atoms with Crippen LogP contribution < -0.4 is 5.32 Å². The number of hydrogen-bond donors (Lipinski definition) is 1. The molecule has 14 heavy (non-hydrogen) atoms. The van der Waals surface area contributed by atoms with Crippen LogP contribution in [0.15, 0.2) is 12.2 Å². The van der Waals surface area contributed by atoms with E-state index in [-0.39, 0.29) is 9.45 Å². The molecule has 0 aromatic carbocycles. The number of carbonyl (C=O) groups is 2. The summed E-state index contributed by atoms with van der Waals surface area (Å²) in [6, 6.07) is 0. The molecule has 4 nitrogen and oxygen atoms in total. The fourth-order valence-electron chi connectivity index (χ4n) is 0.669. The number of ether oxygens (including phenoxy) is 1. The first-order valence-electron chi connectivity index (χ1n) is 4.21. The Morgan fingerprint density at radius 3 is 2.43 bits per heavy atom. The maximum absolute atomic E-state index is 11.2. The van der Waals surface area contributed by atoms with E-state index in [9.17, 15) is 9.59 Å². The van der Waals surface area contributed by atoms with Gasteiger partial charge in [-0.15, -0.1) is 0 Å². The Hall–Kier alpha value is -0.590. The predicted octanol–water partition coefficient (Wildman–Crippen LogP) is 1.39. The summed E-state index contributed by atoms with van der Waals surface area (Å²) < 4.78 is 4.29. The molecule has 0 aliphatic carbocycles. The summed E-state index contributed by atoms with van der Waals surface area (Å²) in [4.78, 5) is 22.0. The van der Waals surface area contributed by atoms with E-state index in [4.69, 9.17) is 0 Å². The van der Waals surface area contributed by atoms with Crippen LogP contribution >= 0.6 is 22.6 Å². The first-order chi connectivity index (χ1) is 6.35. The molecule has 0 bridgehead atoms. The Bertz CT molecular complexity index is 243. The van der Waals surface area contributed by atoms with Gasteiger partial charge in [0.1, 0.15) is 0 Å². The summed E-state index contributed by atoms with van der Waals surface area (Å²) in [6.45, 7) is 5.72. The largest absolute Gasteiger partial charge is 0.463 e. The minimum absolute atomic E-state index is 0.308. The highest BCUT2D eigenvalue weighted by atomic mass is 127. The number of rotatable bonds is 4. The molecule has 0 spiro atoms. The van der Waals surface area contributed by atoms with E-state index in [1.54, 1.807) is 6.92 Å². The van der Waals surface area contributed by atoms with Crippen LogP contribution in [-0.2, 0) is 14.3 Å². The second kappa shape index (κ2) is 6.00. The van der Waals surface area contributed by atoms with Gasteiger partial charge in [-0.2, -0.15) is 0 Å². The molecule has 0 atom stereocenters. The lowest BCUT2D eigenvalue weighted by molar-refractivity contribution is -0.137. The molecule has 0 saturated carbocycles. The van der Waals surface area contributed by atoms with Crippen molar-refractivity contribution in [3.05, 3.63) is 12.2 Å². The molecular weight excluding hydrogens is 297 g/mol. The van der Waals surface area contributed by atoms with Crippen LogP contribution in [0.2, 0.25) is 0 Å². The average Bonchev–Trinajstić information content (AvgIpc) is 1.98. The van der Waals surface area contributed by atoms with Crippen LogP contribution in [0.4, 0.5) is 0 Å². The van der Waals surface area contributed by atoms with Gasteiger partial charge in [-0.25, -0.2) is 4.79 Å². The quantitative estimate of drug-likeness (QED) is 0.281. The standard InChI is InChI=1S/C9H14INO3/c1-4-14-8(13)6-5-7(12)11-9(2,3)10/h5-6H,4H2,1-3H3,(H,11,12)/b6-5-. The zero-order chi connectivity index (χ0) is 11.2. The summed E-state index contributed by atoms with van der Waals surface area (Å²) >= 11 is 2.08. The van der Waals surface area contributed by atoms with E-state index in [1.807, 2.05) is 13.8 Å². The van der Waals surface area contributed by atoms with Gasteiger partial charge in [0, 0.05) is 12.2 Å². The Labute approximate surface area is 97.2 Å². The third-order valence-corrected chi connectivity index (χ3v) is 1.35. The molecular formula is C9H14INO3. The molecule has 5 heteroatoms. The molecule has 0 heterocycles. The Morgan fingerprint density at radius 2 is 2.00 bits per heavy atom. The Kier molecular flexibility index (Phi) is 5.75. The Balaban J connectivity index is 4.00. The van der Waals surface area contributed by atoms with Gasteiger partial charge in [0.15, 0.2) is 0 Å². The Morgan fingerprint density at radius 1 is 1.43 bits per heavy atom. The number of alkyl halides is 1. The molecule has 0 unspecified atom stereocenters. The van der Waals surface area contributed by atoms with Crippen LogP contribution in [0.5, 0.6) is 0 Å². The minimum atomic E-state index is -0.506. The van der Waals surface area contributed by atoms with Gasteiger partial charge in [-0.3, -0.25) is 4.79 Å². The van der Waals surface area contributed by atoms with Gasteiger partial charge < -0.3 is 10.1 Å². The molecule has 1 amide bonds. The maximum atomic E-state index is 11.2. The van der Waals surface area contributed by atoms with E-state index < -0.39 is 5.97 Å². The van der Waals surface area contributed by atoms with Crippen LogP contribution in [0, 0.1) is 0 Å². The lowest BCUT2D eigenvalue weighted by atomic mass is 10.3. The first kappa shape index (κ1) is 13.4. The van der Waals surface area contributed by atoms with Gasteiger partial charge >= 0.3 is 5.97 Å². The van der Waals surface area contributed by atoms with Crippen molar-refractivity contribution >= 4 is 34.5 Å². The first-order valence-corrected chi connectivity index (χ1v) is 5.29. The summed E-state index contributed by atoms with van der Waals surface area (Å²) in [5.41, 5.74) is 0. The van der Waals surface area contributed by atoms with E-state index in [2.05, 4.69) is 32.6 Å². The fraction of sp³-hybridized carbons (Fsp3) is 0.556. The highest BCUT2D eigenvalue weighted by Crippen LogP contribution is 2.11. The smallest absolute Gasteiger partial charge is 0.330 e. The average molecular weight is 311 g/mol. The van der Waals surface area contributed by atoms with Gasteiger partial charge in [0.05, 0.1) is 10.2 Å². The zero-order valence-corrected chi connectivity index (χ0v) is 10.6. The molecule has 80 valence electrons. The van der Waals surface area contributed by atoms with Gasteiger partial charge in [0.25, 0.3) is 0 Å². The molecule has 0 rings (SSSR count). The van der Waals surface area contributed by atoms with Crippen molar-refractivity contribution < 1.29 is 14.3 Å². The zero-order valence-electron chi connectivity index (χ0n) is 8.46. The lowest BCUT2D eigenvalue weighted by Gasteiger charge is -2.16. The van der Waals surface area contributed by atoms with Crippen LogP contribution in [-0.4, -0.2) is 22.0 Å². The van der Waals surface area contributed by atoms with Gasteiger partial charge in [-0.05, 0) is 20.8 Å². The van der Waals surface area contributed by atoms with Crippen molar-refractivity contribution in [2.75, 3.05) is 6.61 Å². The molecule has 0 radical (unpaired) electrons. The third kappa shape index (κ3) is 8.03. The topological polar surface area (TPSA) is 55.4 Å². The van der Waals surface area contributed by atoms with Crippen molar-refractivity contribution in [2.24, 2.45) is 0 Å². The molecule has 0 fully saturated rings. The van der Waals surface area contributed by atoms with Gasteiger partial charge in [-0.1, -0.05) is 22.6 Å². The van der Waals surface area contributed by atoms with Crippen molar-refractivity contribution in [3.8, 4) is 0 Å². The van der Waals surface area contributed by atoms with Crippen molar-refractivity contribution in [3.63, 3.8) is 0 Å². The lowest BCUT2D eigenvalue weighted by Crippen LogP contribution is -2.36. The second-order valence-corrected chi connectivity index (χ2v) is 5.74. The van der Waals surface area contributed by atoms with Crippen LogP contribution in [0.1, 0.15) is 20.8 Å². The second-order valence-electron chi connectivity index (χ2n) is 3.05. The van der Waals surface area contributed by atoms with E-state index >= 15 is 0 Å². The molecule has 0 saturated heterocycles. The predicted molar refractivity (Wildman–Crippen MR) is 62.0 cm³/mol. The molecule has 0 aromatic heterocycles. The van der Waals surface area contributed by atoms with Crippen molar-refractivity contribution in [1.29, 1.82) is 0 Å². The highest BCUT2D eigenvalue weighted by molar-refractivity contribution is 14.1. The summed E-state index contributed by atoms with van der Waals surface area (Å²) in [5.74, 6) is -0.814. The molecule has 1 N–H and O–H groups in total. The van der Waals surface area contributed by atoms with E-state index in [1.165, 1.54) is 6.08 Å². The number of carbonyl (C=O) groups excluding carboxylic acids is 2. The fourth-order valence-corrected chi connectivity index (χ4v) is 0.935. The summed E-state index contributed by atoms with van der Waals surface area (Å²) in [6.07, 6.45) is 2.28. The van der Waals surface area contributed by atoms with Gasteiger partial charge in [0.2, 0.25) is 5.91 Å². The van der Waals surface area contributed by atoms with Crippen LogP contribution in [0.3, 0.4) is 0 Å². The van der Waals surface area contributed by atoms with Crippen molar-refractivity contribution in [2.45, 2.75) is 24.3 Å². The minimum Gasteiger partial charge on any atom is -0.463 e. The molecule has 0 aliphatic heterocycles. The SMILES string of the molecule is CCOC(=O)/C=C\C(=O)NC(C)(C)I. The summed E-state index contributed by atoms with van der Waals surface area (Å²) in [7, 11) is 0. The van der Waals surface area contributed by atoms with Crippen LogP contribution in [0.25, 0.3) is 0 Å². The maximum Gasteiger partial charge on any atom is 0.330 e. The summed E-state index contributed by atoms with van der Waals surface area (Å²) in [5, 5.41) is 2.67. The van der Waals surface area contributed by atoms with E-state index in [0.29, 0.717) is 6.61 Å². The highest BCUT2D eigenvalue weighted by Gasteiger charge is 2.13. The number of amides is 1. The number of esters is 1. The number of hydrogen-bond acceptors (Lipinski definition) is 3. The monoisotopic (exact) mass is 311 g/mol. The number of nitrogens with one attached hydrogen (secondary N) is 1. The third-order valence-electron chi connectivity index (χ3n) is 1.08. The molecule has 0 aromatic rings. The normalized spacial score (nSPS) is 11.4. The van der Waals surface area contributed by atoms with Crippen molar-refractivity contribution in [1.82, 2.24) is 5.32 Å².